The lowest BCUT2D eigenvalue weighted by Crippen LogP contribution is -2.14. The summed E-state index contributed by atoms with van der Waals surface area (Å²) in [4.78, 5) is 24.9. The predicted octanol–water partition coefficient (Wildman–Crippen LogP) is 4.61. The van der Waals surface area contributed by atoms with Gasteiger partial charge < -0.3 is 19.5 Å². The van der Waals surface area contributed by atoms with Gasteiger partial charge >= 0.3 is 5.97 Å². The minimum Gasteiger partial charge on any atom is -0.495 e. The Morgan fingerprint density at radius 2 is 1.64 bits per heavy atom. The number of nitriles is 1. The Morgan fingerprint density at radius 3 is 2.33 bits per heavy atom. The first-order valence-electron chi connectivity index (χ1n) is 9.67. The second kappa shape index (κ2) is 10.6. The number of ether oxygens (including phenoxy) is 3. The van der Waals surface area contributed by atoms with Crippen LogP contribution in [0.25, 0.3) is 6.08 Å². The summed E-state index contributed by atoms with van der Waals surface area (Å²) in [5, 5.41) is 12.1. The van der Waals surface area contributed by atoms with Gasteiger partial charge in [0.05, 0.1) is 25.5 Å². The lowest BCUT2D eigenvalue weighted by atomic mass is 10.1. The van der Waals surface area contributed by atoms with Gasteiger partial charge in [0.1, 0.15) is 23.2 Å². The van der Waals surface area contributed by atoms with E-state index in [1.54, 1.807) is 24.3 Å². The van der Waals surface area contributed by atoms with Crippen molar-refractivity contribution in [1.29, 1.82) is 5.26 Å². The number of benzene rings is 3. The molecule has 3 aromatic carbocycles. The van der Waals surface area contributed by atoms with Crippen molar-refractivity contribution in [2.45, 2.75) is 0 Å². The molecule has 0 saturated carbocycles. The third-order valence-corrected chi connectivity index (χ3v) is 4.52. The van der Waals surface area contributed by atoms with E-state index < -0.39 is 17.7 Å². The van der Waals surface area contributed by atoms with E-state index in [1.165, 1.54) is 56.7 Å². The van der Waals surface area contributed by atoms with E-state index in [4.69, 9.17) is 14.2 Å². The minimum absolute atomic E-state index is 0.0554. The van der Waals surface area contributed by atoms with Crippen LogP contribution in [0.15, 0.2) is 72.3 Å². The molecular formula is C25H19FN2O5. The van der Waals surface area contributed by atoms with Crippen molar-refractivity contribution >= 4 is 23.6 Å². The number of amides is 1. The molecule has 0 bridgehead atoms. The van der Waals surface area contributed by atoms with Crippen LogP contribution in [0.2, 0.25) is 0 Å². The SMILES string of the molecule is COc1ccccc1NC(=O)/C(C#N)=C/c1ccc(OC(=O)c2ccccc2F)c(OC)c1. The van der Waals surface area contributed by atoms with Crippen LogP contribution in [-0.4, -0.2) is 26.1 Å². The molecule has 0 radical (unpaired) electrons. The van der Waals surface area contributed by atoms with E-state index in [-0.39, 0.29) is 22.6 Å². The molecule has 0 aromatic heterocycles. The molecule has 0 aliphatic heterocycles. The van der Waals surface area contributed by atoms with Crippen molar-refractivity contribution in [2.75, 3.05) is 19.5 Å². The van der Waals surface area contributed by atoms with Crippen LogP contribution in [0.5, 0.6) is 17.2 Å². The molecule has 3 aromatic rings. The Balaban J connectivity index is 1.82. The lowest BCUT2D eigenvalue weighted by molar-refractivity contribution is -0.112. The molecule has 3 rings (SSSR count). The average molecular weight is 446 g/mol. The van der Waals surface area contributed by atoms with Crippen LogP contribution in [0.4, 0.5) is 10.1 Å². The Labute approximate surface area is 189 Å². The molecule has 0 unspecified atom stereocenters. The molecule has 0 saturated heterocycles. The summed E-state index contributed by atoms with van der Waals surface area (Å²) in [5.74, 6) is -1.55. The third kappa shape index (κ3) is 5.54. The van der Waals surface area contributed by atoms with Crippen LogP contribution in [0.3, 0.4) is 0 Å². The molecule has 1 amide bonds. The lowest BCUT2D eigenvalue weighted by Gasteiger charge is -2.11. The fourth-order valence-corrected chi connectivity index (χ4v) is 2.89. The number of methoxy groups -OCH3 is 2. The second-order valence-electron chi connectivity index (χ2n) is 6.60. The van der Waals surface area contributed by atoms with E-state index >= 15 is 0 Å². The predicted molar refractivity (Wildman–Crippen MR) is 120 cm³/mol. The topological polar surface area (TPSA) is 97.6 Å². The molecule has 0 heterocycles. The number of rotatable bonds is 7. The number of carbonyl (C=O) groups is 2. The van der Waals surface area contributed by atoms with Crippen LogP contribution in [0, 0.1) is 17.1 Å². The average Bonchev–Trinajstić information content (AvgIpc) is 2.83. The minimum atomic E-state index is -0.886. The molecule has 0 aliphatic rings. The molecule has 8 heteroatoms. The summed E-state index contributed by atoms with van der Waals surface area (Å²) in [5.41, 5.74) is 0.478. The zero-order valence-electron chi connectivity index (χ0n) is 17.8. The maximum absolute atomic E-state index is 13.8. The monoisotopic (exact) mass is 446 g/mol. The van der Waals surface area contributed by atoms with Gasteiger partial charge in [-0.3, -0.25) is 4.79 Å². The summed E-state index contributed by atoms with van der Waals surface area (Å²) >= 11 is 0. The first kappa shape index (κ1) is 23.0. The van der Waals surface area contributed by atoms with Gasteiger partial charge in [-0.25, -0.2) is 9.18 Å². The van der Waals surface area contributed by atoms with E-state index in [0.29, 0.717) is 17.0 Å². The largest absolute Gasteiger partial charge is 0.495 e. The van der Waals surface area contributed by atoms with Gasteiger partial charge in [0.2, 0.25) is 0 Å². The Hall–Kier alpha value is -4.64. The molecule has 0 atom stereocenters. The Bertz CT molecular complexity index is 1260. The fraction of sp³-hybridized carbons (Fsp3) is 0.0800. The smallest absolute Gasteiger partial charge is 0.346 e. The summed E-state index contributed by atoms with van der Waals surface area (Å²) in [6.07, 6.45) is 1.36. The highest BCUT2D eigenvalue weighted by Crippen LogP contribution is 2.30. The van der Waals surface area contributed by atoms with E-state index in [1.807, 2.05) is 6.07 Å². The normalized spacial score (nSPS) is 10.7. The van der Waals surface area contributed by atoms with Gasteiger partial charge in [-0.1, -0.05) is 30.3 Å². The van der Waals surface area contributed by atoms with E-state index in [2.05, 4.69) is 5.32 Å². The number of carbonyl (C=O) groups excluding carboxylic acids is 2. The number of esters is 1. The van der Waals surface area contributed by atoms with Crippen molar-refractivity contribution in [1.82, 2.24) is 0 Å². The number of hydrogen-bond acceptors (Lipinski definition) is 6. The molecule has 0 fully saturated rings. The number of para-hydroxylation sites is 2. The number of nitrogens with zero attached hydrogens (tertiary/aromatic N) is 1. The molecule has 0 aliphatic carbocycles. The molecule has 33 heavy (non-hydrogen) atoms. The number of halogens is 1. The van der Waals surface area contributed by atoms with Crippen molar-refractivity contribution in [2.24, 2.45) is 0 Å². The second-order valence-corrected chi connectivity index (χ2v) is 6.60. The van der Waals surface area contributed by atoms with Crippen molar-refractivity contribution in [3.63, 3.8) is 0 Å². The van der Waals surface area contributed by atoms with Crippen LogP contribution in [0.1, 0.15) is 15.9 Å². The first-order chi connectivity index (χ1) is 16.0. The Kier molecular flexibility index (Phi) is 7.39. The summed E-state index contributed by atoms with van der Waals surface area (Å²) in [6.45, 7) is 0. The van der Waals surface area contributed by atoms with Gasteiger partial charge in [-0.15, -0.1) is 0 Å². The maximum atomic E-state index is 13.8. The zero-order chi connectivity index (χ0) is 23.8. The standard InChI is InChI=1S/C25H19FN2O5/c1-31-21-10-6-5-9-20(21)28-24(29)17(15-27)13-16-11-12-22(23(14-16)32-2)33-25(30)18-7-3-4-8-19(18)26/h3-14H,1-2H3,(H,28,29)/b17-13+. The quantitative estimate of drug-likeness (QED) is 0.246. The van der Waals surface area contributed by atoms with Crippen molar-refractivity contribution < 1.29 is 28.2 Å². The van der Waals surface area contributed by atoms with Gasteiger partial charge in [0.15, 0.2) is 11.5 Å². The highest BCUT2D eigenvalue weighted by atomic mass is 19.1. The molecule has 7 nitrogen and oxygen atoms in total. The number of anilines is 1. The number of hydrogen-bond donors (Lipinski definition) is 1. The fourth-order valence-electron chi connectivity index (χ4n) is 2.89. The summed E-state index contributed by atoms with van der Waals surface area (Å²) < 4.78 is 29.5. The van der Waals surface area contributed by atoms with Crippen molar-refractivity contribution in [3.8, 4) is 23.3 Å². The highest BCUT2D eigenvalue weighted by molar-refractivity contribution is 6.10. The van der Waals surface area contributed by atoms with Gasteiger partial charge in [0, 0.05) is 0 Å². The third-order valence-electron chi connectivity index (χ3n) is 4.52. The zero-order valence-corrected chi connectivity index (χ0v) is 17.8. The highest BCUT2D eigenvalue weighted by Gasteiger charge is 2.17. The van der Waals surface area contributed by atoms with E-state index in [9.17, 15) is 19.2 Å². The van der Waals surface area contributed by atoms with Gasteiger partial charge in [-0.2, -0.15) is 5.26 Å². The molecular weight excluding hydrogens is 427 g/mol. The summed E-state index contributed by atoms with van der Waals surface area (Å²) in [6, 6.07) is 18.5. The Morgan fingerprint density at radius 1 is 0.939 bits per heavy atom. The maximum Gasteiger partial charge on any atom is 0.346 e. The molecule has 0 spiro atoms. The molecule has 1 N–H and O–H groups in total. The first-order valence-corrected chi connectivity index (χ1v) is 9.67. The van der Waals surface area contributed by atoms with Crippen LogP contribution >= 0.6 is 0 Å². The van der Waals surface area contributed by atoms with Gasteiger partial charge in [-0.05, 0) is 48.0 Å². The van der Waals surface area contributed by atoms with Crippen LogP contribution in [-0.2, 0) is 4.79 Å². The van der Waals surface area contributed by atoms with E-state index in [0.717, 1.165) is 6.07 Å². The van der Waals surface area contributed by atoms with Gasteiger partial charge in [0.25, 0.3) is 5.91 Å². The number of nitrogens with one attached hydrogen (secondary N) is 1. The van der Waals surface area contributed by atoms with Crippen LogP contribution < -0.4 is 19.5 Å². The molecule has 166 valence electrons. The van der Waals surface area contributed by atoms with Crippen molar-refractivity contribution in [3.05, 3.63) is 89.2 Å². The summed E-state index contributed by atoms with van der Waals surface area (Å²) in [7, 11) is 2.84.